The Kier molecular flexibility index (Phi) is 3.07. The van der Waals surface area contributed by atoms with E-state index >= 15 is 0 Å². The monoisotopic (exact) mass is 280 g/mol. The lowest BCUT2D eigenvalue weighted by atomic mass is 10.2. The molecule has 1 aromatic carbocycles. The maximum Gasteiger partial charge on any atom is 0.267 e. The van der Waals surface area contributed by atoms with E-state index in [1.54, 1.807) is 35.3 Å². The van der Waals surface area contributed by atoms with Crippen LogP contribution in [0.5, 0.6) is 0 Å². The summed E-state index contributed by atoms with van der Waals surface area (Å²) in [5.41, 5.74) is 13.2. The molecule has 0 saturated carbocycles. The number of nitrogen functional groups attached to an aromatic ring is 1. The van der Waals surface area contributed by atoms with Crippen LogP contribution in [0.4, 0.5) is 5.69 Å². The minimum Gasteiger partial charge on any atom is -0.399 e. The third-order valence-corrected chi connectivity index (χ3v) is 2.92. The molecule has 1 amide bonds. The minimum atomic E-state index is -0.587. The van der Waals surface area contributed by atoms with Gasteiger partial charge in [-0.3, -0.25) is 9.78 Å². The van der Waals surface area contributed by atoms with Crippen molar-refractivity contribution in [1.29, 1.82) is 0 Å². The van der Waals surface area contributed by atoms with E-state index in [4.69, 9.17) is 11.5 Å². The van der Waals surface area contributed by atoms with Crippen molar-refractivity contribution in [1.82, 2.24) is 19.7 Å². The van der Waals surface area contributed by atoms with Crippen LogP contribution in [0.1, 0.15) is 10.5 Å². The molecule has 0 spiro atoms. The van der Waals surface area contributed by atoms with E-state index in [1.807, 2.05) is 12.1 Å². The van der Waals surface area contributed by atoms with Crippen LogP contribution < -0.4 is 11.5 Å². The number of pyridine rings is 1. The Bertz CT molecular complexity index is 793. The number of carbonyl (C=O) groups excluding carboxylic acids is 1. The molecule has 0 bridgehead atoms. The number of rotatable bonds is 3. The summed E-state index contributed by atoms with van der Waals surface area (Å²) >= 11 is 0. The summed E-state index contributed by atoms with van der Waals surface area (Å²) in [7, 11) is 0. The fourth-order valence-corrected chi connectivity index (χ4v) is 1.85. The Hall–Kier alpha value is -3.22. The Morgan fingerprint density at radius 3 is 2.57 bits per heavy atom. The molecule has 2 aromatic heterocycles. The highest BCUT2D eigenvalue weighted by atomic mass is 16.1. The molecule has 0 atom stereocenters. The topological polar surface area (TPSA) is 113 Å². The molecule has 3 rings (SSSR count). The van der Waals surface area contributed by atoms with Gasteiger partial charge < -0.3 is 11.5 Å². The van der Waals surface area contributed by atoms with Gasteiger partial charge in [0.1, 0.15) is 12.0 Å². The molecule has 104 valence electrons. The predicted molar refractivity (Wildman–Crippen MR) is 77.5 cm³/mol. The van der Waals surface area contributed by atoms with Gasteiger partial charge in [-0.25, -0.2) is 9.67 Å². The summed E-state index contributed by atoms with van der Waals surface area (Å²) in [5.74, 6) is -0.0249. The third kappa shape index (κ3) is 2.57. The molecule has 0 aliphatic carbocycles. The fourth-order valence-electron chi connectivity index (χ4n) is 1.85. The lowest BCUT2D eigenvalue weighted by Gasteiger charge is -2.01. The molecule has 0 saturated heterocycles. The molecule has 21 heavy (non-hydrogen) atoms. The summed E-state index contributed by atoms with van der Waals surface area (Å²) in [6.45, 7) is 0. The molecule has 0 aliphatic rings. The van der Waals surface area contributed by atoms with Crippen molar-refractivity contribution in [2.75, 3.05) is 5.73 Å². The molecule has 7 heteroatoms. The Balaban J connectivity index is 1.96. The maximum atomic E-state index is 11.1. The third-order valence-electron chi connectivity index (χ3n) is 2.92. The second-order valence-corrected chi connectivity index (χ2v) is 4.40. The number of amides is 1. The van der Waals surface area contributed by atoms with Gasteiger partial charge in [-0.05, 0) is 36.4 Å². The van der Waals surface area contributed by atoms with Crippen LogP contribution in [0.2, 0.25) is 0 Å². The van der Waals surface area contributed by atoms with E-state index in [1.165, 1.54) is 6.20 Å². The first kappa shape index (κ1) is 12.8. The van der Waals surface area contributed by atoms with Gasteiger partial charge in [-0.15, -0.1) is 5.10 Å². The van der Waals surface area contributed by atoms with Crippen molar-refractivity contribution in [2.24, 2.45) is 5.73 Å². The van der Waals surface area contributed by atoms with Crippen molar-refractivity contribution in [3.63, 3.8) is 0 Å². The van der Waals surface area contributed by atoms with Crippen LogP contribution in [0.3, 0.4) is 0 Å². The van der Waals surface area contributed by atoms with E-state index in [9.17, 15) is 4.79 Å². The van der Waals surface area contributed by atoms with Gasteiger partial charge in [0.05, 0.1) is 5.69 Å². The number of aromatic nitrogens is 4. The first-order valence-corrected chi connectivity index (χ1v) is 6.17. The second-order valence-electron chi connectivity index (χ2n) is 4.40. The molecule has 7 nitrogen and oxygen atoms in total. The van der Waals surface area contributed by atoms with Crippen molar-refractivity contribution in [2.45, 2.75) is 0 Å². The lowest BCUT2D eigenvalue weighted by Crippen LogP contribution is -2.13. The number of hydrogen-bond acceptors (Lipinski definition) is 5. The fraction of sp³-hybridized carbons (Fsp3) is 0. The zero-order chi connectivity index (χ0) is 14.8. The molecule has 0 fully saturated rings. The number of anilines is 1. The first-order chi connectivity index (χ1) is 10.1. The normalized spacial score (nSPS) is 10.5. The van der Waals surface area contributed by atoms with Crippen LogP contribution in [0.25, 0.3) is 17.1 Å². The smallest absolute Gasteiger partial charge is 0.267 e. The Morgan fingerprint density at radius 2 is 1.86 bits per heavy atom. The van der Waals surface area contributed by atoms with E-state index in [0.717, 1.165) is 5.56 Å². The van der Waals surface area contributed by atoms with Crippen molar-refractivity contribution < 1.29 is 4.79 Å². The molecule has 0 radical (unpaired) electrons. The minimum absolute atomic E-state index is 0.178. The number of carbonyl (C=O) groups is 1. The van der Waals surface area contributed by atoms with Gasteiger partial charge in [-0.2, -0.15) is 0 Å². The Morgan fingerprint density at radius 1 is 1.10 bits per heavy atom. The highest BCUT2D eigenvalue weighted by molar-refractivity contribution is 5.91. The average molecular weight is 280 g/mol. The molecular weight excluding hydrogens is 268 g/mol. The summed E-state index contributed by atoms with van der Waals surface area (Å²) < 4.78 is 1.56. The van der Waals surface area contributed by atoms with Crippen LogP contribution in [0, 0.1) is 0 Å². The molecule has 3 aromatic rings. The molecule has 0 unspecified atom stereocenters. The summed E-state index contributed by atoms with van der Waals surface area (Å²) in [5, 5.41) is 4.37. The SMILES string of the molecule is NC(=O)c1cc(-n2cnc(-c3ccc(N)cc3)n2)ccn1. The lowest BCUT2D eigenvalue weighted by molar-refractivity contribution is 0.0995. The van der Waals surface area contributed by atoms with E-state index < -0.39 is 5.91 Å². The van der Waals surface area contributed by atoms with Gasteiger partial charge in [0.2, 0.25) is 0 Å². The van der Waals surface area contributed by atoms with Gasteiger partial charge in [0, 0.05) is 17.4 Å². The number of nitrogens with two attached hydrogens (primary N) is 2. The van der Waals surface area contributed by atoms with E-state index in [0.29, 0.717) is 17.2 Å². The van der Waals surface area contributed by atoms with Crippen molar-refractivity contribution in [3.05, 3.63) is 54.6 Å². The molecule has 2 heterocycles. The number of benzene rings is 1. The zero-order valence-electron chi connectivity index (χ0n) is 11.0. The highest BCUT2D eigenvalue weighted by Gasteiger charge is 2.08. The average Bonchev–Trinajstić information content (AvgIpc) is 2.98. The second kappa shape index (κ2) is 5.04. The number of nitrogens with zero attached hydrogens (tertiary/aromatic N) is 4. The molecular formula is C14H12N6O. The van der Waals surface area contributed by atoms with Crippen LogP contribution in [-0.4, -0.2) is 25.7 Å². The summed E-state index contributed by atoms with van der Waals surface area (Å²) in [6.07, 6.45) is 3.06. The van der Waals surface area contributed by atoms with Crippen LogP contribution >= 0.6 is 0 Å². The number of primary amides is 1. The van der Waals surface area contributed by atoms with Gasteiger partial charge in [0.15, 0.2) is 5.82 Å². The number of hydrogen-bond donors (Lipinski definition) is 2. The van der Waals surface area contributed by atoms with Gasteiger partial charge >= 0.3 is 0 Å². The predicted octanol–water partition coefficient (Wildman–Crippen LogP) is 1.01. The highest BCUT2D eigenvalue weighted by Crippen LogP contribution is 2.17. The van der Waals surface area contributed by atoms with Crippen LogP contribution in [0.15, 0.2) is 48.9 Å². The maximum absolute atomic E-state index is 11.1. The zero-order valence-corrected chi connectivity index (χ0v) is 11.0. The van der Waals surface area contributed by atoms with Crippen molar-refractivity contribution in [3.8, 4) is 17.1 Å². The van der Waals surface area contributed by atoms with E-state index in [2.05, 4.69) is 15.1 Å². The molecule has 4 N–H and O–H groups in total. The standard InChI is InChI=1S/C14H12N6O/c15-10-3-1-9(2-4-10)14-18-8-20(19-14)11-5-6-17-12(7-11)13(16)21/h1-8H,15H2,(H2,16,21). The largest absolute Gasteiger partial charge is 0.399 e. The van der Waals surface area contributed by atoms with E-state index in [-0.39, 0.29) is 5.69 Å². The first-order valence-electron chi connectivity index (χ1n) is 6.17. The van der Waals surface area contributed by atoms with Gasteiger partial charge in [-0.1, -0.05) is 0 Å². The van der Waals surface area contributed by atoms with Crippen molar-refractivity contribution >= 4 is 11.6 Å². The van der Waals surface area contributed by atoms with Gasteiger partial charge in [0.25, 0.3) is 5.91 Å². The Labute approximate surface area is 120 Å². The summed E-state index contributed by atoms with van der Waals surface area (Å²) in [4.78, 5) is 19.3. The van der Waals surface area contributed by atoms with Crippen LogP contribution in [-0.2, 0) is 0 Å². The summed E-state index contributed by atoms with van der Waals surface area (Å²) in [6, 6.07) is 10.5. The quantitative estimate of drug-likeness (QED) is 0.695. The molecule has 0 aliphatic heterocycles.